The molecular formula is C42H57N9O6S. The first-order valence-electron chi connectivity index (χ1n) is 19.7. The van der Waals surface area contributed by atoms with Crippen molar-refractivity contribution >= 4 is 45.9 Å². The van der Waals surface area contributed by atoms with Crippen molar-refractivity contribution < 1.29 is 28.7 Å². The Bertz CT molecular complexity index is 2060. The number of carbonyl (C=O) groups excluding carboxylic acids is 4. The molecule has 16 heteroatoms. The maximum atomic E-state index is 13.5. The number of alkyl carbamates (subject to hydrolysis) is 1. The molecule has 312 valence electrons. The van der Waals surface area contributed by atoms with Gasteiger partial charge in [-0.1, -0.05) is 64.4 Å². The van der Waals surface area contributed by atoms with E-state index in [-0.39, 0.29) is 23.8 Å². The fraction of sp³-hybridized carbons (Fsp3) is 0.452. The summed E-state index contributed by atoms with van der Waals surface area (Å²) in [5, 5.41) is 9.39. The Hall–Kier alpha value is -5.61. The number of unbranched alkanes of at least 4 members (excludes halogenated alkanes) is 1. The molecule has 2 aromatic carbocycles. The summed E-state index contributed by atoms with van der Waals surface area (Å²) >= 11 is 1.65. The Labute approximate surface area is 344 Å². The number of nitrogens with one attached hydrogen (secondary N) is 5. The number of likely N-dealkylation sites (N-methyl/N-ethyl adjacent to an activating group) is 1. The Morgan fingerprint density at radius 1 is 0.983 bits per heavy atom. The number of rotatable bonds is 15. The third-order valence-electron chi connectivity index (χ3n) is 9.21. The van der Waals surface area contributed by atoms with Crippen LogP contribution in [0.1, 0.15) is 77.5 Å². The number of aromatic nitrogens is 5. The number of methoxy groups -OCH3 is 2. The van der Waals surface area contributed by atoms with E-state index in [4.69, 9.17) is 14.5 Å². The van der Waals surface area contributed by atoms with E-state index in [9.17, 15) is 14.4 Å². The van der Waals surface area contributed by atoms with Crippen LogP contribution < -0.4 is 16.0 Å². The number of fused-ring (bicyclic) bond motifs is 1. The largest absolute Gasteiger partial charge is 0.471 e. The third kappa shape index (κ3) is 12.4. The van der Waals surface area contributed by atoms with Gasteiger partial charge in [0.05, 0.1) is 60.8 Å². The van der Waals surface area contributed by atoms with Crippen molar-refractivity contribution in [1.29, 1.82) is 0 Å². The van der Waals surface area contributed by atoms with Crippen LogP contribution in [0.25, 0.3) is 43.3 Å². The van der Waals surface area contributed by atoms with Crippen LogP contribution in [-0.4, -0.2) is 101 Å². The number of nitrogens with zero attached hydrogens (tertiary/aromatic N) is 4. The average molecular weight is 816 g/mol. The van der Waals surface area contributed by atoms with Crippen molar-refractivity contribution in [2.24, 2.45) is 5.92 Å². The van der Waals surface area contributed by atoms with Gasteiger partial charge >= 0.3 is 6.09 Å². The number of aryl methyl sites for hydroxylation is 1. The first kappa shape index (κ1) is 45.1. The Morgan fingerprint density at radius 3 is 2.33 bits per heavy atom. The number of hydrogen-bond acceptors (Lipinski definition) is 11. The summed E-state index contributed by atoms with van der Waals surface area (Å²) in [5.74, 6) is 1.45. The molecule has 5 aromatic rings. The lowest BCUT2D eigenvalue weighted by molar-refractivity contribution is -0.135. The summed E-state index contributed by atoms with van der Waals surface area (Å²) in [4.78, 5) is 68.8. The van der Waals surface area contributed by atoms with Crippen molar-refractivity contribution in [3.05, 3.63) is 66.5 Å². The van der Waals surface area contributed by atoms with Crippen LogP contribution in [-0.2, 0) is 30.3 Å². The Balaban J connectivity index is 0.000000987. The second kappa shape index (κ2) is 23.0. The van der Waals surface area contributed by atoms with Crippen LogP contribution in [0.15, 0.2) is 54.9 Å². The van der Waals surface area contributed by atoms with Crippen molar-refractivity contribution in [3.8, 4) is 33.1 Å². The summed E-state index contributed by atoms with van der Waals surface area (Å²) < 4.78 is 9.70. The zero-order valence-electron chi connectivity index (χ0n) is 34.5. The molecule has 0 spiro atoms. The highest BCUT2D eigenvalue weighted by Crippen LogP contribution is 2.35. The molecule has 1 fully saturated rings. The second-order valence-electron chi connectivity index (χ2n) is 14.1. The fourth-order valence-corrected chi connectivity index (χ4v) is 7.37. The quantitative estimate of drug-likeness (QED) is 0.0564. The van der Waals surface area contributed by atoms with E-state index in [0.717, 1.165) is 87.1 Å². The van der Waals surface area contributed by atoms with Crippen molar-refractivity contribution in [3.63, 3.8) is 0 Å². The Kier molecular flexibility index (Phi) is 17.9. The number of benzene rings is 2. The second-order valence-corrected chi connectivity index (χ2v) is 15.2. The van der Waals surface area contributed by atoms with Crippen LogP contribution in [0.2, 0.25) is 0 Å². The number of imidazole rings is 2. The molecule has 0 aliphatic carbocycles. The van der Waals surface area contributed by atoms with E-state index in [2.05, 4.69) is 90.9 Å². The number of thiazole rings is 1. The molecule has 4 heterocycles. The van der Waals surface area contributed by atoms with Gasteiger partial charge in [0.15, 0.2) is 0 Å². The molecule has 5 N–H and O–H groups in total. The van der Waals surface area contributed by atoms with Gasteiger partial charge in [0.25, 0.3) is 6.47 Å². The molecule has 0 bridgehead atoms. The highest BCUT2D eigenvalue weighted by Gasteiger charge is 2.37. The van der Waals surface area contributed by atoms with Gasteiger partial charge < -0.3 is 40.3 Å². The third-order valence-corrected chi connectivity index (χ3v) is 10.3. The van der Waals surface area contributed by atoms with Crippen LogP contribution >= 0.6 is 11.3 Å². The zero-order valence-corrected chi connectivity index (χ0v) is 35.3. The molecule has 3 amide bonds. The molecule has 58 heavy (non-hydrogen) atoms. The number of H-pyrrole nitrogens is 2. The summed E-state index contributed by atoms with van der Waals surface area (Å²) in [6, 6.07) is 13.6. The number of aromatic amines is 2. The van der Waals surface area contributed by atoms with Gasteiger partial charge in [-0.05, 0) is 56.3 Å². The minimum Gasteiger partial charge on any atom is -0.471 e. The van der Waals surface area contributed by atoms with Gasteiger partial charge in [-0.2, -0.15) is 0 Å². The maximum Gasteiger partial charge on any atom is 0.407 e. The molecular weight excluding hydrogens is 759 g/mol. The molecule has 1 aliphatic rings. The van der Waals surface area contributed by atoms with E-state index in [1.165, 1.54) is 20.6 Å². The molecule has 15 nitrogen and oxygen atoms in total. The predicted molar refractivity (Wildman–Crippen MR) is 227 cm³/mol. The zero-order chi connectivity index (χ0) is 42.0. The van der Waals surface area contributed by atoms with Gasteiger partial charge in [-0.3, -0.25) is 14.4 Å². The summed E-state index contributed by atoms with van der Waals surface area (Å²) in [5.41, 5.74) is 5.85. The van der Waals surface area contributed by atoms with Crippen molar-refractivity contribution in [2.75, 3.05) is 40.9 Å². The number of hydrogen-bond donors (Lipinski definition) is 5. The van der Waals surface area contributed by atoms with Crippen LogP contribution in [0.3, 0.4) is 0 Å². The minimum absolute atomic E-state index is 0.0108. The summed E-state index contributed by atoms with van der Waals surface area (Å²) in [6.07, 6.45) is 8.61. The lowest BCUT2D eigenvalue weighted by Crippen LogP contribution is -2.51. The molecule has 3 aromatic heterocycles. The lowest BCUT2D eigenvalue weighted by atomic mass is 10.0. The van der Waals surface area contributed by atoms with Crippen LogP contribution in [0, 0.1) is 5.92 Å². The monoisotopic (exact) mass is 815 g/mol. The van der Waals surface area contributed by atoms with Crippen LogP contribution in [0.4, 0.5) is 4.79 Å². The molecule has 1 saturated heterocycles. The lowest BCUT2D eigenvalue weighted by Gasteiger charge is -2.30. The van der Waals surface area contributed by atoms with Gasteiger partial charge in [0, 0.05) is 30.6 Å². The van der Waals surface area contributed by atoms with E-state index in [1.807, 2.05) is 37.2 Å². The highest BCUT2D eigenvalue weighted by molar-refractivity contribution is 7.21. The van der Waals surface area contributed by atoms with E-state index < -0.39 is 12.1 Å². The van der Waals surface area contributed by atoms with Crippen molar-refractivity contribution in [2.45, 2.75) is 78.3 Å². The van der Waals surface area contributed by atoms with Gasteiger partial charge in [-0.25, -0.2) is 19.7 Å². The average Bonchev–Trinajstić information content (AvgIpc) is 4.06. The topological polar surface area (TPSA) is 196 Å². The molecule has 6 rings (SSSR count). The minimum atomic E-state index is -0.677. The van der Waals surface area contributed by atoms with Crippen LogP contribution in [0.5, 0.6) is 0 Å². The molecule has 0 saturated carbocycles. The summed E-state index contributed by atoms with van der Waals surface area (Å²) in [6.45, 7) is 10.0. The summed E-state index contributed by atoms with van der Waals surface area (Å²) in [7, 11) is 4.36. The van der Waals surface area contributed by atoms with Crippen molar-refractivity contribution in [1.82, 2.24) is 45.8 Å². The smallest absolute Gasteiger partial charge is 0.407 e. The first-order valence-corrected chi connectivity index (χ1v) is 20.5. The normalized spacial score (nSPS) is 13.9. The number of likely N-dealkylation sites (tertiary alicyclic amines) is 1. The predicted octanol–water partition coefficient (Wildman–Crippen LogP) is 6.65. The molecule has 2 unspecified atom stereocenters. The Morgan fingerprint density at radius 2 is 1.66 bits per heavy atom. The van der Waals surface area contributed by atoms with E-state index in [1.54, 1.807) is 18.4 Å². The van der Waals surface area contributed by atoms with Gasteiger partial charge in [-0.15, -0.1) is 11.3 Å². The SMILES string of the molecule is CCC.CNCC(=O)NCCCCc1ncc(-c2ccc3nc(-c4ccc(-c5cnc(C6CCCN6C(=O)C(NC(=O)OC)C(C)C)[nH]5)cc4)sc3c2)[nH]1.COC=O. The van der Waals surface area contributed by atoms with E-state index >= 15 is 0 Å². The maximum absolute atomic E-state index is 13.5. The standard InChI is InChI=1S/C37H45N9O4S.C3H8.C2H4O2/c1-22(2)33(45-37(49)50-4)36(48)46-17-7-8-29(46)34-41-20-27(43-34)23-10-12-24(13-11-23)35-44-26-15-14-25(18-30(26)51-35)28-19-40-31(42-28)9-5-6-16-39-32(47)21-38-3;1-3-2;1-4-2-3/h10-15,18-20,22,29,33,38H,5-9,16-17,21H2,1-4H3,(H,39,47)(H,40,42)(H,41,43)(H,45,49);3H2,1-2H3;2H,1H3. The highest BCUT2D eigenvalue weighted by atomic mass is 32.1. The number of amides is 3. The first-order chi connectivity index (χ1) is 28.1. The fourth-order valence-electron chi connectivity index (χ4n) is 6.36. The molecule has 1 aliphatic heterocycles. The number of ether oxygens (including phenoxy) is 2. The van der Waals surface area contributed by atoms with Gasteiger partial charge in [0.2, 0.25) is 11.8 Å². The van der Waals surface area contributed by atoms with Gasteiger partial charge in [0.1, 0.15) is 22.7 Å². The number of carbonyl (C=O) groups is 4. The molecule has 2 atom stereocenters. The molecule has 0 radical (unpaired) electrons. The van der Waals surface area contributed by atoms with E-state index in [0.29, 0.717) is 26.1 Å².